The van der Waals surface area contributed by atoms with E-state index in [1.807, 2.05) is 6.07 Å². The molecule has 2 fully saturated rings. The van der Waals surface area contributed by atoms with Crippen LogP contribution < -0.4 is 10.6 Å². The van der Waals surface area contributed by atoms with E-state index >= 15 is 0 Å². The topological polar surface area (TPSA) is 99.6 Å². The first-order valence-corrected chi connectivity index (χ1v) is 13.1. The maximum atomic E-state index is 13.2. The van der Waals surface area contributed by atoms with Crippen LogP contribution in [-0.2, 0) is 17.9 Å². The highest BCUT2D eigenvalue weighted by Crippen LogP contribution is 2.27. The Morgan fingerprint density at radius 1 is 1.03 bits per heavy atom. The van der Waals surface area contributed by atoms with Crippen LogP contribution in [0.25, 0.3) is 0 Å². The zero-order valence-electron chi connectivity index (χ0n) is 21.2. The molecule has 3 aliphatic rings. The van der Waals surface area contributed by atoms with E-state index in [1.165, 1.54) is 15.1 Å². The number of hydrogen-bond donors (Lipinski definition) is 2. The molecule has 1 aromatic heterocycles. The quantitative estimate of drug-likeness (QED) is 0.644. The number of piperidine rings is 1. The normalized spacial score (nSPS) is 23.5. The van der Waals surface area contributed by atoms with Crippen LogP contribution in [0.4, 0.5) is 0 Å². The van der Waals surface area contributed by atoms with Gasteiger partial charge in [0.2, 0.25) is 5.91 Å². The number of hydrogen-bond acceptors (Lipinski definition) is 5. The van der Waals surface area contributed by atoms with Crippen molar-refractivity contribution in [2.24, 2.45) is 0 Å². The zero-order chi connectivity index (χ0) is 25.3. The van der Waals surface area contributed by atoms with Gasteiger partial charge in [0.1, 0.15) is 11.2 Å². The van der Waals surface area contributed by atoms with E-state index < -0.39 is 5.54 Å². The number of amides is 3. The lowest BCUT2D eigenvalue weighted by Gasteiger charge is -2.41. The van der Waals surface area contributed by atoms with Gasteiger partial charge in [0.15, 0.2) is 5.69 Å². The van der Waals surface area contributed by atoms with E-state index in [9.17, 15) is 14.4 Å². The van der Waals surface area contributed by atoms with Gasteiger partial charge in [-0.3, -0.25) is 24.0 Å². The number of carbonyl (C=O) groups excluding carboxylic acids is 3. The summed E-state index contributed by atoms with van der Waals surface area (Å²) in [6, 6.07) is 12.2. The Bertz CT molecular complexity index is 1120. The first-order chi connectivity index (χ1) is 17.3. The van der Waals surface area contributed by atoms with Gasteiger partial charge in [-0.2, -0.15) is 5.10 Å². The molecule has 2 N–H and O–H groups in total. The minimum absolute atomic E-state index is 0.0732. The molecule has 0 spiro atoms. The Balaban J connectivity index is 1.20. The molecule has 1 aromatic carbocycles. The van der Waals surface area contributed by atoms with Gasteiger partial charge in [-0.25, -0.2) is 0 Å². The van der Waals surface area contributed by atoms with Gasteiger partial charge < -0.3 is 15.5 Å². The number of likely N-dealkylation sites (tertiary alicyclic amines) is 1. The summed E-state index contributed by atoms with van der Waals surface area (Å²) in [6.07, 6.45) is 5.92. The van der Waals surface area contributed by atoms with E-state index in [0.717, 1.165) is 58.2 Å². The minimum atomic E-state index is -1.06. The molecule has 9 nitrogen and oxygen atoms in total. The van der Waals surface area contributed by atoms with Crippen LogP contribution in [0.3, 0.4) is 0 Å². The molecule has 5 rings (SSSR count). The Kier molecular flexibility index (Phi) is 6.83. The van der Waals surface area contributed by atoms with E-state index in [0.29, 0.717) is 5.69 Å². The van der Waals surface area contributed by atoms with E-state index in [4.69, 9.17) is 0 Å². The molecule has 0 bridgehead atoms. The lowest BCUT2D eigenvalue weighted by Crippen LogP contribution is -2.63. The van der Waals surface area contributed by atoms with E-state index in [2.05, 4.69) is 44.9 Å². The van der Waals surface area contributed by atoms with E-state index in [1.54, 1.807) is 20.0 Å². The molecule has 1 saturated heterocycles. The van der Waals surface area contributed by atoms with Gasteiger partial charge in [-0.15, -0.1) is 0 Å². The number of benzene rings is 1. The third kappa shape index (κ3) is 4.89. The Morgan fingerprint density at radius 2 is 1.69 bits per heavy atom. The second-order valence-corrected chi connectivity index (χ2v) is 10.7. The number of nitrogens with one attached hydrogen (secondary N) is 2. The number of carbonyl (C=O) groups is 3. The lowest BCUT2D eigenvalue weighted by atomic mass is 9.95. The molecule has 0 unspecified atom stereocenters. The summed E-state index contributed by atoms with van der Waals surface area (Å²) in [5.41, 5.74) is 0.797. The molecule has 0 radical (unpaired) electrons. The van der Waals surface area contributed by atoms with Crippen molar-refractivity contribution in [2.75, 3.05) is 20.1 Å². The third-order valence-electron chi connectivity index (χ3n) is 8.09. The molecule has 1 aliphatic carbocycles. The highest BCUT2D eigenvalue weighted by Gasteiger charge is 2.47. The van der Waals surface area contributed by atoms with Gasteiger partial charge in [-0.1, -0.05) is 43.2 Å². The van der Waals surface area contributed by atoms with Crippen LogP contribution in [0, 0.1) is 0 Å². The van der Waals surface area contributed by atoms with Crippen molar-refractivity contribution in [1.29, 1.82) is 0 Å². The summed E-state index contributed by atoms with van der Waals surface area (Å²) in [5.74, 6) is -0.739. The zero-order valence-corrected chi connectivity index (χ0v) is 21.2. The van der Waals surface area contributed by atoms with Crippen LogP contribution in [-0.4, -0.2) is 75.1 Å². The van der Waals surface area contributed by atoms with Crippen molar-refractivity contribution in [2.45, 2.75) is 76.2 Å². The van der Waals surface area contributed by atoms with Crippen LogP contribution in [0.5, 0.6) is 0 Å². The van der Waals surface area contributed by atoms with Crippen molar-refractivity contribution < 1.29 is 14.4 Å². The van der Waals surface area contributed by atoms with Crippen molar-refractivity contribution in [3.63, 3.8) is 0 Å². The maximum absolute atomic E-state index is 13.2. The smallest absolute Gasteiger partial charge is 0.272 e. The van der Waals surface area contributed by atoms with Crippen LogP contribution in [0.2, 0.25) is 0 Å². The first kappa shape index (κ1) is 24.5. The molecule has 9 heteroatoms. The van der Waals surface area contributed by atoms with Gasteiger partial charge in [0.25, 0.3) is 11.8 Å². The lowest BCUT2D eigenvalue weighted by molar-refractivity contribution is -0.133. The third-order valence-corrected chi connectivity index (χ3v) is 8.09. The summed E-state index contributed by atoms with van der Waals surface area (Å²) in [5, 5.41) is 10.7. The largest absolute Gasteiger partial charge is 0.351 e. The average Bonchev–Trinajstić information content (AvgIpc) is 3.54. The molecular weight excluding hydrogens is 456 g/mol. The fraction of sp³-hybridized carbons (Fsp3) is 0.556. The Hall–Kier alpha value is -3.20. The van der Waals surface area contributed by atoms with Crippen molar-refractivity contribution in [1.82, 2.24) is 30.2 Å². The number of likely N-dealkylation sites (N-methyl/N-ethyl adjacent to an activating group) is 1. The standard InChI is InChI=1S/C27H36N6O3/c1-27(26(36)29-20-10-6-7-11-20)18-33-23(25(35)31(27)2)16-22(30-33)24(34)28-21-12-14-32(15-13-21)17-19-8-4-3-5-9-19/h3-5,8-9,16,20-21H,6-7,10-15,17-18H2,1-2H3,(H,28,34)(H,29,36)/t27-/m1/s1. The second-order valence-electron chi connectivity index (χ2n) is 10.7. The summed E-state index contributed by atoms with van der Waals surface area (Å²) < 4.78 is 1.52. The van der Waals surface area contributed by atoms with Gasteiger partial charge in [0.05, 0.1) is 6.54 Å². The number of fused-ring (bicyclic) bond motifs is 1. The molecule has 3 amide bonds. The molecular formula is C27H36N6O3. The summed E-state index contributed by atoms with van der Waals surface area (Å²) in [6.45, 7) is 4.73. The molecule has 2 aliphatic heterocycles. The van der Waals surface area contributed by atoms with Gasteiger partial charge in [0, 0.05) is 44.8 Å². The predicted molar refractivity (Wildman–Crippen MR) is 135 cm³/mol. The van der Waals surface area contributed by atoms with Crippen LogP contribution in [0.1, 0.15) is 72.0 Å². The molecule has 1 atom stereocenters. The van der Waals surface area contributed by atoms with E-state index in [-0.39, 0.29) is 42.0 Å². The monoisotopic (exact) mass is 492 g/mol. The Labute approximate surface area is 212 Å². The van der Waals surface area contributed by atoms with Crippen molar-refractivity contribution in [3.8, 4) is 0 Å². The molecule has 2 aromatic rings. The number of rotatable bonds is 6. The Morgan fingerprint density at radius 3 is 2.39 bits per heavy atom. The number of aromatic nitrogens is 2. The summed E-state index contributed by atoms with van der Waals surface area (Å²) in [4.78, 5) is 43.2. The average molecular weight is 493 g/mol. The highest BCUT2D eigenvalue weighted by atomic mass is 16.2. The summed E-state index contributed by atoms with van der Waals surface area (Å²) >= 11 is 0. The van der Waals surface area contributed by atoms with Crippen molar-refractivity contribution >= 4 is 17.7 Å². The molecule has 192 valence electrons. The second kappa shape index (κ2) is 10.0. The van der Waals surface area contributed by atoms with Crippen molar-refractivity contribution in [3.05, 3.63) is 53.3 Å². The van der Waals surface area contributed by atoms with Crippen LogP contribution >= 0.6 is 0 Å². The fourth-order valence-corrected chi connectivity index (χ4v) is 5.59. The van der Waals surface area contributed by atoms with Gasteiger partial charge in [-0.05, 0) is 38.2 Å². The first-order valence-electron chi connectivity index (χ1n) is 13.1. The molecule has 1 saturated carbocycles. The molecule has 3 heterocycles. The highest BCUT2D eigenvalue weighted by molar-refractivity contribution is 6.01. The SMILES string of the molecule is CN1C(=O)c2cc(C(=O)NC3CCN(Cc4ccccc4)CC3)nn2C[C@]1(C)C(=O)NC1CCCC1. The maximum Gasteiger partial charge on any atom is 0.272 e. The van der Waals surface area contributed by atoms with Crippen LogP contribution in [0.15, 0.2) is 36.4 Å². The van der Waals surface area contributed by atoms with Gasteiger partial charge >= 0.3 is 0 Å². The summed E-state index contributed by atoms with van der Waals surface area (Å²) in [7, 11) is 1.65. The predicted octanol–water partition coefficient (Wildman–Crippen LogP) is 2.18. The fourth-order valence-electron chi connectivity index (χ4n) is 5.59. The number of nitrogens with zero attached hydrogens (tertiary/aromatic N) is 4. The molecule has 36 heavy (non-hydrogen) atoms. The minimum Gasteiger partial charge on any atom is -0.351 e.